The van der Waals surface area contributed by atoms with E-state index >= 15 is 0 Å². The molecular formula is C16H12Cl3NO4. The minimum atomic E-state index is -0.638. The molecule has 1 amide bonds. The Morgan fingerprint density at radius 3 is 2.17 bits per heavy atom. The molecule has 8 heteroatoms. The molecule has 0 saturated heterocycles. The van der Waals surface area contributed by atoms with Crippen molar-refractivity contribution in [3.63, 3.8) is 0 Å². The van der Waals surface area contributed by atoms with Crippen molar-refractivity contribution in [3.8, 4) is 5.75 Å². The molecule has 2 aromatic rings. The smallest absolute Gasteiger partial charge is 0.338 e. The Hall–Kier alpha value is -1.95. The molecular weight excluding hydrogens is 377 g/mol. The first kappa shape index (κ1) is 18.4. The molecule has 0 aromatic heterocycles. The Bertz CT molecular complexity index is 739. The van der Waals surface area contributed by atoms with Crippen LogP contribution in [0.2, 0.25) is 15.1 Å². The van der Waals surface area contributed by atoms with Gasteiger partial charge in [-0.25, -0.2) is 4.79 Å². The van der Waals surface area contributed by atoms with E-state index in [0.717, 1.165) is 0 Å². The highest BCUT2D eigenvalue weighted by atomic mass is 35.5. The monoisotopic (exact) mass is 387 g/mol. The second kappa shape index (κ2) is 8.24. The van der Waals surface area contributed by atoms with E-state index in [1.807, 2.05) is 0 Å². The van der Waals surface area contributed by atoms with Crippen LogP contribution >= 0.6 is 34.8 Å². The summed E-state index contributed by atoms with van der Waals surface area (Å²) >= 11 is 17.7. The van der Waals surface area contributed by atoms with Crippen molar-refractivity contribution in [2.45, 2.75) is 0 Å². The van der Waals surface area contributed by atoms with Crippen LogP contribution < -0.4 is 10.1 Å². The van der Waals surface area contributed by atoms with Crippen LogP contribution in [0.4, 0.5) is 5.69 Å². The predicted octanol–water partition coefficient (Wildman–Crippen LogP) is 4.45. The number of carbonyl (C=O) groups is 2. The Balaban J connectivity index is 1.94. The first-order valence-electron chi connectivity index (χ1n) is 6.66. The van der Waals surface area contributed by atoms with Crippen molar-refractivity contribution in [2.24, 2.45) is 0 Å². The molecule has 0 aliphatic rings. The summed E-state index contributed by atoms with van der Waals surface area (Å²) in [7, 11) is 1.52. The van der Waals surface area contributed by atoms with Crippen LogP contribution in [-0.4, -0.2) is 25.6 Å². The van der Waals surface area contributed by atoms with Crippen molar-refractivity contribution in [2.75, 3.05) is 19.0 Å². The molecule has 0 aliphatic heterocycles. The largest absolute Gasteiger partial charge is 0.497 e. The number of nitrogens with one attached hydrogen (secondary N) is 1. The van der Waals surface area contributed by atoms with Gasteiger partial charge in [0.2, 0.25) is 0 Å². The number of amides is 1. The lowest BCUT2D eigenvalue weighted by molar-refractivity contribution is -0.119. The third kappa shape index (κ3) is 4.77. The van der Waals surface area contributed by atoms with Gasteiger partial charge in [0, 0.05) is 5.02 Å². The highest BCUT2D eigenvalue weighted by Crippen LogP contribution is 2.33. The standard InChI is InChI=1S/C16H12Cl3NO4/c1-23-11-4-2-9(3-5-11)16(22)24-8-14(21)20-15-12(18)6-10(17)7-13(15)19/h2-7H,8H2,1H3,(H,20,21). The van der Waals surface area contributed by atoms with Gasteiger partial charge in [-0.15, -0.1) is 0 Å². The number of hydrogen-bond acceptors (Lipinski definition) is 4. The Morgan fingerprint density at radius 1 is 1.04 bits per heavy atom. The van der Waals surface area contributed by atoms with Gasteiger partial charge in [0.05, 0.1) is 28.4 Å². The molecule has 0 saturated carbocycles. The van der Waals surface area contributed by atoms with Gasteiger partial charge in [-0.3, -0.25) is 4.79 Å². The van der Waals surface area contributed by atoms with Gasteiger partial charge in [-0.05, 0) is 36.4 Å². The number of rotatable bonds is 5. The van der Waals surface area contributed by atoms with E-state index in [0.29, 0.717) is 16.3 Å². The average molecular weight is 389 g/mol. The molecule has 0 aliphatic carbocycles. The van der Waals surface area contributed by atoms with Crippen LogP contribution in [0.3, 0.4) is 0 Å². The van der Waals surface area contributed by atoms with Gasteiger partial charge < -0.3 is 14.8 Å². The van der Waals surface area contributed by atoms with Crippen molar-refractivity contribution in [1.29, 1.82) is 0 Å². The molecule has 1 N–H and O–H groups in total. The van der Waals surface area contributed by atoms with Crippen LogP contribution in [0, 0.1) is 0 Å². The van der Waals surface area contributed by atoms with E-state index in [4.69, 9.17) is 44.3 Å². The number of carbonyl (C=O) groups excluding carboxylic acids is 2. The summed E-state index contributed by atoms with van der Waals surface area (Å²) in [6.07, 6.45) is 0. The summed E-state index contributed by atoms with van der Waals surface area (Å²) in [5, 5.41) is 3.18. The van der Waals surface area contributed by atoms with Crippen molar-refractivity contribution < 1.29 is 19.1 Å². The molecule has 0 radical (unpaired) electrons. The summed E-state index contributed by atoms with van der Waals surface area (Å²) < 4.78 is 9.93. The first-order chi connectivity index (χ1) is 11.4. The highest BCUT2D eigenvalue weighted by molar-refractivity contribution is 6.42. The second-order valence-electron chi connectivity index (χ2n) is 4.60. The van der Waals surface area contributed by atoms with E-state index in [2.05, 4.69) is 5.32 Å². The maximum absolute atomic E-state index is 11.9. The number of halogens is 3. The third-order valence-corrected chi connectivity index (χ3v) is 3.75. The van der Waals surface area contributed by atoms with Crippen LogP contribution in [0.1, 0.15) is 10.4 Å². The summed E-state index contributed by atoms with van der Waals surface area (Å²) in [5.74, 6) is -0.611. The van der Waals surface area contributed by atoms with Crippen molar-refractivity contribution in [3.05, 3.63) is 57.0 Å². The predicted molar refractivity (Wildman–Crippen MR) is 93.4 cm³/mol. The Labute approximate surface area is 153 Å². The number of benzene rings is 2. The number of anilines is 1. The van der Waals surface area contributed by atoms with E-state index in [9.17, 15) is 9.59 Å². The van der Waals surface area contributed by atoms with Gasteiger partial charge in [0.1, 0.15) is 5.75 Å². The summed E-state index contributed by atoms with van der Waals surface area (Å²) in [6, 6.07) is 9.17. The maximum atomic E-state index is 11.9. The topological polar surface area (TPSA) is 64.6 Å². The molecule has 0 heterocycles. The zero-order chi connectivity index (χ0) is 17.7. The highest BCUT2D eigenvalue weighted by Gasteiger charge is 2.14. The zero-order valence-corrected chi connectivity index (χ0v) is 14.7. The molecule has 0 unspecified atom stereocenters. The fourth-order valence-corrected chi connectivity index (χ4v) is 2.69. The Morgan fingerprint density at radius 2 is 1.62 bits per heavy atom. The Kier molecular flexibility index (Phi) is 6.31. The van der Waals surface area contributed by atoms with Gasteiger partial charge in [-0.1, -0.05) is 34.8 Å². The fraction of sp³-hybridized carbons (Fsp3) is 0.125. The van der Waals surface area contributed by atoms with Gasteiger partial charge >= 0.3 is 5.97 Å². The molecule has 5 nitrogen and oxygen atoms in total. The SMILES string of the molecule is COc1ccc(C(=O)OCC(=O)Nc2c(Cl)cc(Cl)cc2Cl)cc1. The molecule has 126 valence electrons. The van der Waals surface area contributed by atoms with Gasteiger partial charge in [0.15, 0.2) is 6.61 Å². The van der Waals surface area contributed by atoms with Gasteiger partial charge in [0.25, 0.3) is 5.91 Å². The van der Waals surface area contributed by atoms with E-state index in [-0.39, 0.29) is 15.7 Å². The normalized spacial score (nSPS) is 10.2. The average Bonchev–Trinajstić information content (AvgIpc) is 2.56. The zero-order valence-electron chi connectivity index (χ0n) is 12.4. The molecule has 24 heavy (non-hydrogen) atoms. The molecule has 0 spiro atoms. The third-order valence-electron chi connectivity index (χ3n) is 2.93. The van der Waals surface area contributed by atoms with Crippen molar-refractivity contribution >= 4 is 52.4 Å². The molecule has 2 aromatic carbocycles. The van der Waals surface area contributed by atoms with E-state index in [1.165, 1.54) is 31.4 Å². The molecule has 0 bridgehead atoms. The lowest BCUT2D eigenvalue weighted by Crippen LogP contribution is -2.21. The second-order valence-corrected chi connectivity index (χ2v) is 5.85. The lowest BCUT2D eigenvalue weighted by Gasteiger charge is -2.10. The van der Waals surface area contributed by atoms with Crippen LogP contribution in [0.25, 0.3) is 0 Å². The summed E-state index contributed by atoms with van der Waals surface area (Å²) in [5.41, 5.74) is 0.499. The van der Waals surface area contributed by atoms with Gasteiger partial charge in [-0.2, -0.15) is 0 Å². The number of esters is 1. The fourth-order valence-electron chi connectivity index (χ4n) is 1.78. The van der Waals surface area contributed by atoms with Crippen molar-refractivity contribution in [1.82, 2.24) is 0 Å². The molecule has 0 atom stereocenters. The maximum Gasteiger partial charge on any atom is 0.338 e. The molecule has 2 rings (SSSR count). The van der Waals surface area contributed by atoms with Crippen LogP contribution in [0.5, 0.6) is 5.75 Å². The first-order valence-corrected chi connectivity index (χ1v) is 7.79. The van der Waals surface area contributed by atoms with Crippen LogP contribution in [-0.2, 0) is 9.53 Å². The van der Waals surface area contributed by atoms with Crippen LogP contribution in [0.15, 0.2) is 36.4 Å². The van der Waals surface area contributed by atoms with E-state index in [1.54, 1.807) is 12.1 Å². The summed E-state index contributed by atoms with van der Waals surface area (Å²) in [6.45, 7) is -0.486. The lowest BCUT2D eigenvalue weighted by atomic mass is 10.2. The number of hydrogen-bond donors (Lipinski definition) is 1. The van der Waals surface area contributed by atoms with E-state index < -0.39 is 18.5 Å². The minimum Gasteiger partial charge on any atom is -0.497 e. The quantitative estimate of drug-likeness (QED) is 0.769. The molecule has 0 fully saturated rings. The number of methoxy groups -OCH3 is 1. The number of ether oxygens (including phenoxy) is 2. The summed E-state index contributed by atoms with van der Waals surface area (Å²) in [4.78, 5) is 23.7. The minimum absolute atomic E-state index is 0.183.